The zero-order valence-electron chi connectivity index (χ0n) is 12.6. The van der Waals surface area contributed by atoms with Gasteiger partial charge in [0, 0.05) is 18.9 Å². The van der Waals surface area contributed by atoms with Crippen LogP contribution in [-0.2, 0) is 13.1 Å². The van der Waals surface area contributed by atoms with Crippen LogP contribution >= 0.6 is 0 Å². The first-order chi connectivity index (χ1) is 10.6. The summed E-state index contributed by atoms with van der Waals surface area (Å²) in [6.07, 6.45) is 3.71. The number of aryl methyl sites for hydroxylation is 2. The Bertz CT molecular complexity index is 815. The zero-order chi connectivity index (χ0) is 15.5. The Morgan fingerprint density at radius 1 is 1.27 bits per heavy atom. The molecule has 2 aromatic heterocycles. The van der Waals surface area contributed by atoms with Gasteiger partial charge in [-0.1, -0.05) is 17.7 Å². The normalized spacial score (nSPS) is 11.0. The first kappa shape index (κ1) is 14.3. The van der Waals surface area contributed by atoms with Gasteiger partial charge in [-0.25, -0.2) is 14.6 Å². The van der Waals surface area contributed by atoms with Crippen LogP contribution in [0, 0.1) is 13.8 Å². The van der Waals surface area contributed by atoms with Gasteiger partial charge in [0.1, 0.15) is 5.82 Å². The minimum absolute atomic E-state index is 0.291. The van der Waals surface area contributed by atoms with Gasteiger partial charge >= 0.3 is 5.69 Å². The fraction of sp³-hybridized carbons (Fsp3) is 0.267. The van der Waals surface area contributed by atoms with E-state index in [9.17, 15) is 4.79 Å². The molecule has 7 heteroatoms. The average molecular weight is 298 g/mol. The summed E-state index contributed by atoms with van der Waals surface area (Å²) in [5.41, 5.74) is 4.32. The van der Waals surface area contributed by atoms with Crippen molar-refractivity contribution >= 4 is 0 Å². The van der Waals surface area contributed by atoms with Crippen LogP contribution in [0.4, 0.5) is 0 Å². The highest BCUT2D eigenvalue weighted by atomic mass is 16.1. The van der Waals surface area contributed by atoms with Gasteiger partial charge in [-0.05, 0) is 31.0 Å². The number of hydrogen-bond donors (Lipinski definition) is 3. The van der Waals surface area contributed by atoms with E-state index in [2.05, 4.69) is 51.6 Å². The van der Waals surface area contributed by atoms with E-state index in [0.717, 1.165) is 11.3 Å². The first-order valence-electron chi connectivity index (χ1n) is 7.08. The monoisotopic (exact) mass is 298 g/mol. The van der Waals surface area contributed by atoms with Crippen LogP contribution in [0.25, 0.3) is 5.69 Å². The van der Waals surface area contributed by atoms with Crippen molar-refractivity contribution in [1.29, 1.82) is 0 Å². The van der Waals surface area contributed by atoms with E-state index in [0.29, 0.717) is 18.9 Å². The predicted octanol–water partition coefficient (Wildman–Crippen LogP) is 1.19. The summed E-state index contributed by atoms with van der Waals surface area (Å²) in [6, 6.07) is 6.20. The summed E-state index contributed by atoms with van der Waals surface area (Å²) >= 11 is 0. The van der Waals surface area contributed by atoms with Crippen LogP contribution in [-0.4, -0.2) is 25.0 Å². The summed E-state index contributed by atoms with van der Waals surface area (Å²) < 4.78 is 1.88. The number of rotatable bonds is 5. The maximum Gasteiger partial charge on any atom is 0.340 e. The molecule has 0 saturated carbocycles. The summed E-state index contributed by atoms with van der Waals surface area (Å²) in [5.74, 6) is 0.593. The number of nitrogens with one attached hydrogen (secondary N) is 3. The van der Waals surface area contributed by atoms with Crippen molar-refractivity contribution in [3.05, 3.63) is 63.6 Å². The second-order valence-electron chi connectivity index (χ2n) is 5.27. The Labute approximate surface area is 127 Å². The van der Waals surface area contributed by atoms with Gasteiger partial charge in [0.15, 0.2) is 0 Å². The molecule has 0 aliphatic carbocycles. The standard InChI is InChI=1S/C15H18N6O/c1-10-6-11(2)14(21-5-3-4-17-21)12(7-10)8-16-9-13-18-15(22)20-19-13/h3-7,16H,8-9H2,1-2H3,(H2,18,19,20,22). The van der Waals surface area contributed by atoms with E-state index in [1.165, 1.54) is 11.1 Å². The van der Waals surface area contributed by atoms with Gasteiger partial charge in [0.05, 0.1) is 12.2 Å². The molecule has 0 atom stereocenters. The lowest BCUT2D eigenvalue weighted by atomic mass is 10.0. The van der Waals surface area contributed by atoms with Crippen molar-refractivity contribution in [2.75, 3.05) is 0 Å². The van der Waals surface area contributed by atoms with Gasteiger partial charge in [-0.15, -0.1) is 0 Å². The predicted molar refractivity (Wildman–Crippen MR) is 82.8 cm³/mol. The van der Waals surface area contributed by atoms with Crippen molar-refractivity contribution in [3.8, 4) is 5.69 Å². The van der Waals surface area contributed by atoms with Crippen molar-refractivity contribution in [2.45, 2.75) is 26.9 Å². The van der Waals surface area contributed by atoms with E-state index < -0.39 is 0 Å². The van der Waals surface area contributed by atoms with Crippen LogP contribution in [0.15, 0.2) is 35.4 Å². The minimum atomic E-state index is -0.291. The minimum Gasteiger partial charge on any atom is -0.306 e. The molecule has 0 aliphatic heterocycles. The highest BCUT2D eigenvalue weighted by Crippen LogP contribution is 2.21. The third-order valence-electron chi connectivity index (χ3n) is 3.42. The second-order valence-corrected chi connectivity index (χ2v) is 5.27. The van der Waals surface area contributed by atoms with E-state index >= 15 is 0 Å². The molecule has 0 radical (unpaired) electrons. The number of hydrogen-bond acceptors (Lipinski definition) is 4. The van der Waals surface area contributed by atoms with Crippen LogP contribution in [0.5, 0.6) is 0 Å². The first-order valence-corrected chi connectivity index (χ1v) is 7.08. The molecular weight excluding hydrogens is 280 g/mol. The van der Waals surface area contributed by atoms with Gasteiger partial charge < -0.3 is 5.32 Å². The van der Waals surface area contributed by atoms with Crippen molar-refractivity contribution in [2.24, 2.45) is 0 Å². The second kappa shape index (κ2) is 5.98. The molecule has 0 bridgehead atoms. The Morgan fingerprint density at radius 2 is 2.14 bits per heavy atom. The molecule has 1 aromatic carbocycles. The Hall–Kier alpha value is -2.67. The topological polar surface area (TPSA) is 91.4 Å². The molecule has 0 amide bonds. The number of aromatic nitrogens is 5. The highest BCUT2D eigenvalue weighted by Gasteiger charge is 2.10. The van der Waals surface area contributed by atoms with Gasteiger partial charge in [-0.2, -0.15) is 10.2 Å². The van der Waals surface area contributed by atoms with E-state index in [1.807, 2.05) is 16.9 Å². The molecule has 7 nitrogen and oxygen atoms in total. The molecule has 0 saturated heterocycles. The molecule has 114 valence electrons. The molecule has 0 spiro atoms. The van der Waals surface area contributed by atoms with Crippen LogP contribution in [0.3, 0.4) is 0 Å². The Balaban J connectivity index is 1.81. The lowest BCUT2D eigenvalue weighted by Crippen LogP contribution is -2.17. The number of H-pyrrole nitrogens is 2. The molecule has 3 N–H and O–H groups in total. The maximum atomic E-state index is 11.0. The highest BCUT2D eigenvalue weighted by molar-refractivity contribution is 5.49. The molecule has 22 heavy (non-hydrogen) atoms. The van der Waals surface area contributed by atoms with Crippen LogP contribution < -0.4 is 11.0 Å². The lowest BCUT2D eigenvalue weighted by molar-refractivity contribution is 0.659. The van der Waals surface area contributed by atoms with Crippen molar-refractivity contribution < 1.29 is 0 Å². The molecule has 2 heterocycles. The third kappa shape index (κ3) is 2.99. The summed E-state index contributed by atoms with van der Waals surface area (Å²) in [7, 11) is 0. The SMILES string of the molecule is Cc1cc(C)c(-n2cccn2)c(CNCc2n[nH]c(=O)[nH]2)c1. The van der Waals surface area contributed by atoms with E-state index in [4.69, 9.17) is 0 Å². The molecular formula is C15H18N6O. The summed E-state index contributed by atoms with van der Waals surface area (Å²) in [6.45, 7) is 5.31. The Morgan fingerprint density at radius 3 is 2.82 bits per heavy atom. The van der Waals surface area contributed by atoms with Crippen molar-refractivity contribution in [3.63, 3.8) is 0 Å². The average Bonchev–Trinajstić information content (AvgIpc) is 3.10. The quantitative estimate of drug-likeness (QED) is 0.660. The van der Waals surface area contributed by atoms with Gasteiger partial charge in [-0.3, -0.25) is 4.98 Å². The van der Waals surface area contributed by atoms with Crippen LogP contribution in [0.1, 0.15) is 22.5 Å². The molecule has 0 aliphatic rings. The summed E-state index contributed by atoms with van der Waals surface area (Å²) in [5, 5.41) is 13.9. The smallest absolute Gasteiger partial charge is 0.306 e. The third-order valence-corrected chi connectivity index (χ3v) is 3.42. The number of benzene rings is 1. The van der Waals surface area contributed by atoms with Crippen LogP contribution in [0.2, 0.25) is 0 Å². The van der Waals surface area contributed by atoms with Gasteiger partial charge in [0.25, 0.3) is 0 Å². The molecule has 3 rings (SSSR count). The number of aromatic amines is 2. The van der Waals surface area contributed by atoms with Gasteiger partial charge in [0.2, 0.25) is 0 Å². The van der Waals surface area contributed by atoms with E-state index in [1.54, 1.807) is 6.20 Å². The van der Waals surface area contributed by atoms with E-state index in [-0.39, 0.29) is 5.69 Å². The summed E-state index contributed by atoms with van der Waals surface area (Å²) in [4.78, 5) is 13.6. The Kier molecular flexibility index (Phi) is 3.88. The zero-order valence-corrected chi connectivity index (χ0v) is 12.6. The molecule has 0 fully saturated rings. The maximum absolute atomic E-state index is 11.0. The lowest BCUT2D eigenvalue weighted by Gasteiger charge is -2.14. The molecule has 0 unspecified atom stereocenters. The molecule has 3 aromatic rings. The fourth-order valence-corrected chi connectivity index (χ4v) is 2.62. The largest absolute Gasteiger partial charge is 0.340 e. The number of nitrogens with zero attached hydrogens (tertiary/aromatic N) is 3. The van der Waals surface area contributed by atoms with Crippen molar-refractivity contribution in [1.82, 2.24) is 30.3 Å². The fourth-order valence-electron chi connectivity index (χ4n) is 2.62.